The van der Waals surface area contributed by atoms with Crippen LogP contribution in [0.5, 0.6) is 0 Å². The first-order chi connectivity index (χ1) is 14.0. The standard InChI is InChI=1S/C21H18F3N3O2/c22-17-4-2-1-3-16(17)21(28)27-9-7-26(8-10-27)12-15-13-29-20(25-15)14-5-6-18(23)19(24)11-14/h1-6,11,13H,7-10,12H2. The van der Waals surface area contributed by atoms with E-state index >= 15 is 0 Å². The second-order valence-corrected chi connectivity index (χ2v) is 6.82. The number of halogens is 3. The lowest BCUT2D eigenvalue weighted by molar-refractivity contribution is 0.0622. The van der Waals surface area contributed by atoms with Crippen LogP contribution in [0.25, 0.3) is 11.5 Å². The fraction of sp³-hybridized carbons (Fsp3) is 0.238. The predicted molar refractivity (Wildman–Crippen MR) is 99.4 cm³/mol. The maximum Gasteiger partial charge on any atom is 0.256 e. The van der Waals surface area contributed by atoms with Crippen molar-refractivity contribution in [3.8, 4) is 11.5 Å². The molecule has 0 radical (unpaired) electrons. The van der Waals surface area contributed by atoms with Crippen LogP contribution in [0.15, 0.2) is 53.1 Å². The summed E-state index contributed by atoms with van der Waals surface area (Å²) in [6, 6.07) is 9.43. The highest BCUT2D eigenvalue weighted by atomic mass is 19.2. The van der Waals surface area contributed by atoms with E-state index in [2.05, 4.69) is 9.88 Å². The summed E-state index contributed by atoms with van der Waals surface area (Å²) in [4.78, 5) is 20.5. The summed E-state index contributed by atoms with van der Waals surface area (Å²) >= 11 is 0. The van der Waals surface area contributed by atoms with Crippen molar-refractivity contribution in [2.45, 2.75) is 6.54 Å². The van der Waals surface area contributed by atoms with Crippen molar-refractivity contribution in [1.82, 2.24) is 14.8 Å². The molecule has 0 N–H and O–H groups in total. The topological polar surface area (TPSA) is 49.6 Å². The molecule has 0 bridgehead atoms. The number of hydrogen-bond donors (Lipinski definition) is 0. The number of rotatable bonds is 4. The van der Waals surface area contributed by atoms with Crippen molar-refractivity contribution < 1.29 is 22.4 Å². The van der Waals surface area contributed by atoms with E-state index in [0.717, 1.165) is 12.1 Å². The summed E-state index contributed by atoms with van der Waals surface area (Å²) in [6.07, 6.45) is 1.48. The highest BCUT2D eigenvalue weighted by Crippen LogP contribution is 2.22. The Balaban J connectivity index is 1.35. The minimum atomic E-state index is -0.960. The maximum atomic E-state index is 13.8. The van der Waals surface area contributed by atoms with E-state index in [9.17, 15) is 18.0 Å². The Morgan fingerprint density at radius 2 is 1.72 bits per heavy atom. The highest BCUT2D eigenvalue weighted by molar-refractivity contribution is 5.94. The zero-order valence-corrected chi connectivity index (χ0v) is 15.4. The molecule has 1 aromatic heterocycles. The molecule has 1 aliphatic heterocycles. The monoisotopic (exact) mass is 401 g/mol. The Morgan fingerprint density at radius 1 is 0.966 bits per heavy atom. The van der Waals surface area contributed by atoms with E-state index in [1.807, 2.05) is 0 Å². The quantitative estimate of drug-likeness (QED) is 0.669. The van der Waals surface area contributed by atoms with Gasteiger partial charge in [-0.3, -0.25) is 9.69 Å². The van der Waals surface area contributed by atoms with Gasteiger partial charge in [-0.05, 0) is 30.3 Å². The van der Waals surface area contributed by atoms with E-state index in [-0.39, 0.29) is 17.4 Å². The van der Waals surface area contributed by atoms with Crippen LogP contribution in [0.2, 0.25) is 0 Å². The Kier molecular flexibility index (Phi) is 5.35. The SMILES string of the molecule is O=C(c1ccccc1F)N1CCN(Cc2coc(-c3ccc(F)c(F)c3)n2)CC1. The molecule has 1 aliphatic rings. The van der Waals surface area contributed by atoms with Gasteiger partial charge in [0.05, 0.1) is 11.3 Å². The number of carbonyl (C=O) groups excluding carboxylic acids is 1. The molecule has 2 aromatic carbocycles. The number of oxazole rings is 1. The third-order valence-corrected chi connectivity index (χ3v) is 4.87. The van der Waals surface area contributed by atoms with Gasteiger partial charge in [-0.1, -0.05) is 12.1 Å². The molecule has 3 aromatic rings. The number of piperazine rings is 1. The molecule has 0 unspecified atom stereocenters. The van der Waals surface area contributed by atoms with Gasteiger partial charge in [-0.2, -0.15) is 0 Å². The van der Waals surface area contributed by atoms with Crippen molar-refractivity contribution in [3.05, 3.63) is 77.4 Å². The lowest BCUT2D eigenvalue weighted by Gasteiger charge is -2.34. The van der Waals surface area contributed by atoms with Crippen LogP contribution < -0.4 is 0 Å². The van der Waals surface area contributed by atoms with Crippen molar-refractivity contribution >= 4 is 5.91 Å². The number of aromatic nitrogens is 1. The second kappa shape index (κ2) is 8.08. The number of amides is 1. The average molecular weight is 401 g/mol. The number of benzene rings is 2. The smallest absolute Gasteiger partial charge is 0.256 e. The molecule has 1 fully saturated rings. The molecule has 1 amide bonds. The summed E-state index contributed by atoms with van der Waals surface area (Å²) < 4.78 is 45.7. The third-order valence-electron chi connectivity index (χ3n) is 4.87. The second-order valence-electron chi connectivity index (χ2n) is 6.82. The van der Waals surface area contributed by atoms with Crippen LogP contribution in [0.4, 0.5) is 13.2 Å². The third kappa shape index (κ3) is 4.17. The molecule has 8 heteroatoms. The van der Waals surface area contributed by atoms with E-state index < -0.39 is 17.5 Å². The van der Waals surface area contributed by atoms with Gasteiger partial charge in [0, 0.05) is 38.3 Å². The van der Waals surface area contributed by atoms with Gasteiger partial charge in [0.1, 0.15) is 12.1 Å². The van der Waals surface area contributed by atoms with E-state index in [1.54, 1.807) is 17.0 Å². The summed E-state index contributed by atoms with van der Waals surface area (Å²) in [5.41, 5.74) is 1.09. The van der Waals surface area contributed by atoms with Crippen LogP contribution in [-0.4, -0.2) is 46.9 Å². The zero-order valence-electron chi connectivity index (χ0n) is 15.4. The largest absolute Gasteiger partial charge is 0.444 e. The van der Waals surface area contributed by atoms with Crippen LogP contribution in [-0.2, 0) is 6.54 Å². The van der Waals surface area contributed by atoms with Gasteiger partial charge in [0.2, 0.25) is 5.89 Å². The van der Waals surface area contributed by atoms with Crippen LogP contribution >= 0.6 is 0 Å². The van der Waals surface area contributed by atoms with Gasteiger partial charge in [0.15, 0.2) is 11.6 Å². The molecule has 0 saturated carbocycles. The molecule has 5 nitrogen and oxygen atoms in total. The average Bonchev–Trinajstić information content (AvgIpc) is 3.19. The normalized spacial score (nSPS) is 14.9. The molecule has 0 atom stereocenters. The first-order valence-corrected chi connectivity index (χ1v) is 9.17. The van der Waals surface area contributed by atoms with Gasteiger partial charge in [-0.25, -0.2) is 18.2 Å². The highest BCUT2D eigenvalue weighted by Gasteiger charge is 2.24. The molecular weight excluding hydrogens is 383 g/mol. The maximum absolute atomic E-state index is 13.8. The first kappa shape index (κ1) is 19.2. The van der Waals surface area contributed by atoms with Gasteiger partial charge >= 0.3 is 0 Å². The van der Waals surface area contributed by atoms with Gasteiger partial charge < -0.3 is 9.32 Å². The molecule has 2 heterocycles. The molecule has 0 aliphatic carbocycles. The molecule has 1 saturated heterocycles. The fourth-order valence-corrected chi connectivity index (χ4v) is 3.28. The van der Waals surface area contributed by atoms with Gasteiger partial charge in [0.25, 0.3) is 5.91 Å². The van der Waals surface area contributed by atoms with Crippen molar-refractivity contribution in [3.63, 3.8) is 0 Å². The lowest BCUT2D eigenvalue weighted by atomic mass is 10.1. The van der Waals surface area contributed by atoms with E-state index in [4.69, 9.17) is 4.42 Å². The molecule has 0 spiro atoms. The molecular formula is C21H18F3N3O2. The number of hydrogen-bond acceptors (Lipinski definition) is 4. The van der Waals surface area contributed by atoms with Gasteiger partial charge in [-0.15, -0.1) is 0 Å². The number of nitrogens with zero attached hydrogens (tertiary/aromatic N) is 3. The van der Waals surface area contributed by atoms with Crippen LogP contribution in [0.3, 0.4) is 0 Å². The lowest BCUT2D eigenvalue weighted by Crippen LogP contribution is -2.48. The minimum Gasteiger partial charge on any atom is -0.444 e. The van der Waals surface area contributed by atoms with Crippen LogP contribution in [0, 0.1) is 17.5 Å². The van der Waals surface area contributed by atoms with Crippen LogP contribution in [0.1, 0.15) is 16.1 Å². The van der Waals surface area contributed by atoms with E-state index in [0.29, 0.717) is 44.0 Å². The Labute approximate surface area is 165 Å². The fourth-order valence-electron chi connectivity index (χ4n) is 3.28. The van der Waals surface area contributed by atoms with E-state index in [1.165, 1.54) is 24.5 Å². The summed E-state index contributed by atoms with van der Waals surface area (Å²) in [7, 11) is 0. The number of carbonyl (C=O) groups is 1. The Morgan fingerprint density at radius 3 is 2.45 bits per heavy atom. The molecule has 150 valence electrons. The summed E-state index contributed by atoms with van der Waals surface area (Å²) in [6.45, 7) is 2.65. The Bertz CT molecular complexity index is 1030. The minimum absolute atomic E-state index is 0.0774. The molecule has 29 heavy (non-hydrogen) atoms. The van der Waals surface area contributed by atoms with Crippen molar-refractivity contribution in [2.75, 3.05) is 26.2 Å². The summed E-state index contributed by atoms with van der Waals surface area (Å²) in [5, 5.41) is 0. The predicted octanol–water partition coefficient (Wildman–Crippen LogP) is 3.72. The van der Waals surface area contributed by atoms with Crippen molar-refractivity contribution in [1.29, 1.82) is 0 Å². The first-order valence-electron chi connectivity index (χ1n) is 9.17. The zero-order chi connectivity index (χ0) is 20.4. The summed E-state index contributed by atoms with van der Waals surface area (Å²) in [5.74, 6) is -2.51. The van der Waals surface area contributed by atoms with Crippen molar-refractivity contribution in [2.24, 2.45) is 0 Å². The molecule has 4 rings (SSSR count). The Hall–Kier alpha value is -3.13.